The van der Waals surface area contributed by atoms with E-state index in [9.17, 15) is 19.5 Å². The van der Waals surface area contributed by atoms with Gasteiger partial charge in [-0.05, 0) is 17.5 Å². The molecular weight excluding hydrogens is 346 g/mol. The van der Waals surface area contributed by atoms with E-state index in [4.69, 9.17) is 4.74 Å². The number of carboxylic acid groups (broad SMARTS) is 1. The minimum Gasteiger partial charge on any atom is -0.477 e. The number of hydrogen-bond donors (Lipinski definition) is 1. The third-order valence-electron chi connectivity index (χ3n) is 2.66. The largest absolute Gasteiger partial charge is 0.477 e. The van der Waals surface area contributed by atoms with Gasteiger partial charge in [-0.15, -0.1) is 23.5 Å². The molecule has 0 aromatic heterocycles. The van der Waals surface area contributed by atoms with Gasteiger partial charge in [0.2, 0.25) is 5.91 Å². The van der Waals surface area contributed by atoms with Crippen molar-refractivity contribution >= 4 is 52.3 Å². The first-order chi connectivity index (χ1) is 10.4. The molecule has 1 rings (SSSR count). The molecule has 9 heteroatoms. The van der Waals surface area contributed by atoms with Crippen LogP contribution in [-0.4, -0.2) is 57.6 Å². The molecule has 1 amide bonds. The summed E-state index contributed by atoms with van der Waals surface area (Å²) in [5.74, 6) is -0.120. The fourth-order valence-corrected chi connectivity index (χ4v) is 4.92. The first-order valence-corrected chi connectivity index (χ1v) is 9.48. The Labute approximate surface area is 142 Å². The zero-order valence-corrected chi connectivity index (χ0v) is 15.1. The Morgan fingerprint density at radius 1 is 1.45 bits per heavy atom. The van der Waals surface area contributed by atoms with E-state index in [0.29, 0.717) is 23.0 Å². The monoisotopic (exact) mass is 365 g/mol. The lowest BCUT2D eigenvalue weighted by molar-refractivity contribution is -0.145. The van der Waals surface area contributed by atoms with E-state index >= 15 is 0 Å². The first-order valence-electron chi connectivity index (χ1n) is 6.63. The maximum atomic E-state index is 11.9. The van der Waals surface area contributed by atoms with Crippen LogP contribution in [0.1, 0.15) is 20.3 Å². The van der Waals surface area contributed by atoms with E-state index in [2.05, 4.69) is 0 Å². The molecule has 6 nitrogen and oxygen atoms in total. The number of hydrogen-bond acceptors (Lipinski definition) is 7. The smallest absolute Gasteiger partial charge is 0.354 e. The Hall–Kier alpha value is -0.640. The highest BCUT2D eigenvalue weighted by atomic mass is 32.2. The number of carbonyl (C=O) groups excluding carboxylic acids is 2. The molecule has 1 N–H and O–H groups in total. The summed E-state index contributed by atoms with van der Waals surface area (Å²) in [7, 11) is 1.55. The van der Waals surface area contributed by atoms with Crippen LogP contribution in [0.15, 0.2) is 9.93 Å². The van der Waals surface area contributed by atoms with Gasteiger partial charge in [-0.1, -0.05) is 6.92 Å². The number of thioether (sulfide) groups is 3. The van der Waals surface area contributed by atoms with Gasteiger partial charge in [0.15, 0.2) is 10.8 Å². The molecule has 1 atom stereocenters. The average molecular weight is 365 g/mol. The summed E-state index contributed by atoms with van der Waals surface area (Å²) in [5, 5.41) is 9.13. The predicted molar refractivity (Wildman–Crippen MR) is 90.7 cm³/mol. The molecule has 0 saturated carbocycles. The molecule has 22 heavy (non-hydrogen) atoms. The molecule has 0 aromatic carbocycles. The zero-order valence-electron chi connectivity index (χ0n) is 12.7. The Bertz CT molecular complexity index is 480. The van der Waals surface area contributed by atoms with E-state index in [1.807, 2.05) is 6.92 Å². The molecule has 1 saturated heterocycles. The molecule has 1 unspecified atom stereocenters. The highest BCUT2D eigenvalue weighted by molar-refractivity contribution is 8.29. The van der Waals surface area contributed by atoms with Crippen molar-refractivity contribution in [3.05, 3.63) is 9.93 Å². The van der Waals surface area contributed by atoms with Gasteiger partial charge in [-0.3, -0.25) is 14.5 Å². The molecule has 1 fully saturated rings. The lowest BCUT2D eigenvalue weighted by Crippen LogP contribution is -2.51. The van der Waals surface area contributed by atoms with Gasteiger partial charge in [0.25, 0.3) is 0 Å². The van der Waals surface area contributed by atoms with Gasteiger partial charge in [0.05, 0.1) is 22.6 Å². The summed E-state index contributed by atoms with van der Waals surface area (Å²) in [6, 6.07) is 0. The lowest BCUT2D eigenvalue weighted by atomic mass is 10.2. The Kier molecular flexibility index (Phi) is 8.37. The molecule has 1 heterocycles. The van der Waals surface area contributed by atoms with E-state index in [-0.39, 0.29) is 22.1 Å². The third-order valence-corrected chi connectivity index (χ3v) is 5.85. The SMILES string of the molecule is CCSC1CC(=O)N1C(C(=O)O)=C(SCCOC)SC(C)=O. The van der Waals surface area contributed by atoms with Crippen molar-refractivity contribution in [2.24, 2.45) is 0 Å². The topological polar surface area (TPSA) is 83.9 Å². The van der Waals surface area contributed by atoms with Crippen molar-refractivity contribution in [1.82, 2.24) is 4.90 Å². The van der Waals surface area contributed by atoms with Crippen LogP contribution in [0.3, 0.4) is 0 Å². The zero-order chi connectivity index (χ0) is 16.7. The van der Waals surface area contributed by atoms with Gasteiger partial charge >= 0.3 is 5.97 Å². The second kappa shape index (κ2) is 9.49. The summed E-state index contributed by atoms with van der Waals surface area (Å²) < 4.78 is 5.29. The molecule has 0 spiro atoms. The van der Waals surface area contributed by atoms with Gasteiger partial charge in [0, 0.05) is 19.8 Å². The van der Waals surface area contributed by atoms with Crippen molar-refractivity contribution in [2.75, 3.05) is 25.2 Å². The number of nitrogens with zero attached hydrogens (tertiary/aromatic N) is 1. The number of carboxylic acids is 1. The first kappa shape index (κ1) is 19.4. The average Bonchev–Trinajstić information content (AvgIpc) is 2.43. The van der Waals surface area contributed by atoms with Crippen molar-refractivity contribution in [3.63, 3.8) is 0 Å². The van der Waals surface area contributed by atoms with Crippen LogP contribution in [0, 0.1) is 0 Å². The molecule has 0 bridgehead atoms. The van der Waals surface area contributed by atoms with Crippen LogP contribution in [0.25, 0.3) is 0 Å². The summed E-state index contributed by atoms with van der Waals surface area (Å²) in [6.45, 7) is 3.76. The standard InChI is InChI=1S/C13H19NO5S3/c1-4-20-10-7-9(16)14(10)11(12(17)18)13(22-8(2)15)21-6-5-19-3/h10H,4-7H2,1-3H3,(H,17,18). The van der Waals surface area contributed by atoms with E-state index in [1.54, 1.807) is 7.11 Å². The van der Waals surface area contributed by atoms with E-state index in [0.717, 1.165) is 17.5 Å². The maximum absolute atomic E-state index is 11.9. The number of ether oxygens (including phenoxy) is 1. The van der Waals surface area contributed by atoms with Gasteiger partial charge in [-0.25, -0.2) is 4.79 Å². The number of carbonyl (C=O) groups is 3. The van der Waals surface area contributed by atoms with E-state index in [1.165, 1.54) is 35.3 Å². The van der Waals surface area contributed by atoms with Crippen molar-refractivity contribution < 1.29 is 24.2 Å². The van der Waals surface area contributed by atoms with Gasteiger partial charge in [-0.2, -0.15) is 0 Å². The maximum Gasteiger partial charge on any atom is 0.354 e. The molecular formula is C13H19NO5S3. The number of β-lactam (4-membered cyclic amide) rings is 1. The van der Waals surface area contributed by atoms with Crippen LogP contribution in [0.2, 0.25) is 0 Å². The van der Waals surface area contributed by atoms with Crippen LogP contribution < -0.4 is 0 Å². The quantitative estimate of drug-likeness (QED) is 0.378. The summed E-state index contributed by atoms with van der Waals surface area (Å²) in [4.78, 5) is 36.2. The van der Waals surface area contributed by atoms with Crippen molar-refractivity contribution in [2.45, 2.75) is 25.6 Å². The van der Waals surface area contributed by atoms with Crippen molar-refractivity contribution in [1.29, 1.82) is 0 Å². The van der Waals surface area contributed by atoms with Crippen LogP contribution in [-0.2, 0) is 19.1 Å². The fraction of sp³-hybridized carbons (Fsp3) is 0.615. The lowest BCUT2D eigenvalue weighted by Gasteiger charge is -2.40. The second-order valence-corrected chi connectivity index (χ2v) is 8.26. The van der Waals surface area contributed by atoms with Gasteiger partial charge in [0.1, 0.15) is 0 Å². The van der Waals surface area contributed by atoms with E-state index < -0.39 is 5.97 Å². The fourth-order valence-electron chi connectivity index (χ4n) is 1.76. The van der Waals surface area contributed by atoms with Crippen molar-refractivity contribution in [3.8, 4) is 0 Å². The Morgan fingerprint density at radius 3 is 2.59 bits per heavy atom. The second-order valence-electron chi connectivity index (χ2n) is 4.25. The number of aliphatic carboxylic acids is 1. The predicted octanol–water partition coefficient (Wildman–Crippen LogP) is 2.21. The Balaban J connectivity index is 3.09. The number of amides is 1. The van der Waals surface area contributed by atoms with Crippen LogP contribution >= 0.6 is 35.3 Å². The molecule has 0 aliphatic carbocycles. The highest BCUT2D eigenvalue weighted by Crippen LogP contribution is 2.40. The van der Waals surface area contributed by atoms with Crippen LogP contribution in [0.4, 0.5) is 0 Å². The normalized spacial score (nSPS) is 18.8. The number of rotatable bonds is 9. The molecule has 124 valence electrons. The highest BCUT2D eigenvalue weighted by Gasteiger charge is 2.42. The van der Waals surface area contributed by atoms with Crippen LogP contribution in [0.5, 0.6) is 0 Å². The minimum atomic E-state index is -1.19. The van der Waals surface area contributed by atoms with Gasteiger partial charge < -0.3 is 9.84 Å². The summed E-state index contributed by atoms with van der Waals surface area (Å²) in [6.07, 6.45) is 0.329. The summed E-state index contributed by atoms with van der Waals surface area (Å²) in [5.41, 5.74) is -0.0940. The Morgan fingerprint density at radius 2 is 2.14 bits per heavy atom. The summed E-state index contributed by atoms with van der Waals surface area (Å²) >= 11 is 3.59. The number of likely N-dealkylation sites (tertiary alicyclic amines) is 1. The molecule has 1 aliphatic heterocycles. The molecule has 1 aliphatic rings. The number of methoxy groups -OCH3 is 1. The third kappa shape index (κ3) is 5.22. The minimum absolute atomic E-state index is 0.0940. The molecule has 0 aromatic rings. The molecule has 0 radical (unpaired) electrons.